The minimum absolute atomic E-state index is 0.216. The van der Waals surface area contributed by atoms with Gasteiger partial charge in [0.25, 0.3) is 0 Å². The average molecular weight is 184 g/mol. The van der Waals surface area contributed by atoms with Gasteiger partial charge in [-0.05, 0) is 12.3 Å². The van der Waals surface area contributed by atoms with Gasteiger partial charge in [0.2, 0.25) is 0 Å². The Labute approximate surface area is 84.1 Å². The van der Waals surface area contributed by atoms with Gasteiger partial charge < -0.3 is 0 Å². The van der Waals surface area contributed by atoms with Crippen LogP contribution in [0.1, 0.15) is 23.2 Å². The SMILES string of the molecule is C#CC1CC1CC(=O)c1ccccc1. The zero-order valence-corrected chi connectivity index (χ0v) is 7.94. The van der Waals surface area contributed by atoms with Crippen LogP contribution in [0.25, 0.3) is 0 Å². The fraction of sp³-hybridized carbons (Fsp3) is 0.308. The minimum atomic E-state index is 0.216. The summed E-state index contributed by atoms with van der Waals surface area (Å²) in [7, 11) is 0. The molecule has 14 heavy (non-hydrogen) atoms. The fourth-order valence-corrected chi connectivity index (χ4v) is 1.66. The largest absolute Gasteiger partial charge is 0.294 e. The van der Waals surface area contributed by atoms with Gasteiger partial charge >= 0.3 is 0 Å². The van der Waals surface area contributed by atoms with Gasteiger partial charge in [0, 0.05) is 17.9 Å². The van der Waals surface area contributed by atoms with Crippen molar-refractivity contribution < 1.29 is 4.79 Å². The van der Waals surface area contributed by atoms with E-state index in [0.29, 0.717) is 18.3 Å². The summed E-state index contributed by atoms with van der Waals surface area (Å²) in [5.74, 6) is 3.70. The number of terminal acetylenes is 1. The smallest absolute Gasteiger partial charge is 0.163 e. The molecule has 1 nitrogen and oxygen atoms in total. The second-order valence-corrected chi connectivity index (χ2v) is 3.76. The molecule has 1 fully saturated rings. The van der Waals surface area contributed by atoms with Crippen molar-refractivity contribution in [2.45, 2.75) is 12.8 Å². The minimum Gasteiger partial charge on any atom is -0.294 e. The average Bonchev–Trinajstić information content (AvgIpc) is 2.98. The van der Waals surface area contributed by atoms with Gasteiger partial charge in [-0.3, -0.25) is 4.79 Å². The zero-order chi connectivity index (χ0) is 9.97. The van der Waals surface area contributed by atoms with E-state index in [2.05, 4.69) is 5.92 Å². The van der Waals surface area contributed by atoms with Gasteiger partial charge in [0.05, 0.1) is 0 Å². The van der Waals surface area contributed by atoms with Crippen LogP contribution in [-0.4, -0.2) is 5.78 Å². The van der Waals surface area contributed by atoms with Gasteiger partial charge in [-0.15, -0.1) is 12.3 Å². The third-order valence-electron chi connectivity index (χ3n) is 2.68. The van der Waals surface area contributed by atoms with Gasteiger partial charge in [-0.1, -0.05) is 30.3 Å². The Hall–Kier alpha value is -1.55. The first-order valence-electron chi connectivity index (χ1n) is 4.85. The summed E-state index contributed by atoms with van der Waals surface area (Å²) < 4.78 is 0. The highest BCUT2D eigenvalue weighted by molar-refractivity contribution is 5.96. The molecule has 1 saturated carbocycles. The Morgan fingerprint density at radius 3 is 2.71 bits per heavy atom. The molecule has 0 heterocycles. The molecular formula is C13H12O. The van der Waals surface area contributed by atoms with E-state index in [4.69, 9.17) is 6.42 Å². The van der Waals surface area contributed by atoms with Crippen LogP contribution in [0.3, 0.4) is 0 Å². The van der Waals surface area contributed by atoms with Crippen molar-refractivity contribution in [2.24, 2.45) is 11.8 Å². The van der Waals surface area contributed by atoms with Crippen molar-refractivity contribution in [1.82, 2.24) is 0 Å². The first-order chi connectivity index (χ1) is 6.81. The van der Waals surface area contributed by atoms with Crippen LogP contribution in [0.5, 0.6) is 0 Å². The zero-order valence-electron chi connectivity index (χ0n) is 7.94. The molecule has 0 aromatic heterocycles. The topological polar surface area (TPSA) is 17.1 Å². The molecule has 0 N–H and O–H groups in total. The lowest BCUT2D eigenvalue weighted by Gasteiger charge is -1.98. The summed E-state index contributed by atoms with van der Waals surface area (Å²) in [4.78, 5) is 11.7. The van der Waals surface area contributed by atoms with E-state index in [1.165, 1.54) is 0 Å². The molecule has 2 unspecified atom stereocenters. The normalized spacial score (nSPS) is 23.9. The third-order valence-corrected chi connectivity index (χ3v) is 2.68. The molecule has 1 heteroatoms. The van der Waals surface area contributed by atoms with E-state index in [1.807, 2.05) is 30.3 Å². The summed E-state index contributed by atoms with van der Waals surface area (Å²) >= 11 is 0. The van der Waals surface area contributed by atoms with Crippen LogP contribution < -0.4 is 0 Å². The van der Waals surface area contributed by atoms with Crippen LogP contribution >= 0.6 is 0 Å². The van der Waals surface area contributed by atoms with Crippen molar-refractivity contribution in [3.63, 3.8) is 0 Å². The molecule has 1 aromatic carbocycles. The number of hydrogen-bond donors (Lipinski definition) is 0. The molecule has 1 aromatic rings. The molecule has 0 radical (unpaired) electrons. The molecule has 2 rings (SSSR count). The molecule has 0 amide bonds. The predicted octanol–water partition coefficient (Wildman–Crippen LogP) is 2.53. The Bertz CT molecular complexity index is 372. The summed E-state index contributed by atoms with van der Waals surface area (Å²) in [6.07, 6.45) is 6.91. The number of benzene rings is 1. The van der Waals surface area contributed by atoms with E-state index in [9.17, 15) is 4.79 Å². The van der Waals surface area contributed by atoms with Crippen LogP contribution in [0.4, 0.5) is 0 Å². The van der Waals surface area contributed by atoms with Gasteiger partial charge in [0.1, 0.15) is 0 Å². The summed E-state index contributed by atoms with van der Waals surface area (Å²) in [6.45, 7) is 0. The molecule has 70 valence electrons. The second kappa shape index (κ2) is 3.67. The fourth-order valence-electron chi connectivity index (χ4n) is 1.66. The van der Waals surface area contributed by atoms with E-state index < -0.39 is 0 Å². The Morgan fingerprint density at radius 2 is 2.14 bits per heavy atom. The molecule has 0 spiro atoms. The number of Topliss-reactive ketones (excluding diaryl/α,β-unsaturated/α-hetero) is 1. The maximum Gasteiger partial charge on any atom is 0.163 e. The molecule has 1 aliphatic rings. The summed E-state index contributed by atoms with van der Waals surface area (Å²) in [6, 6.07) is 9.40. The summed E-state index contributed by atoms with van der Waals surface area (Å²) in [5, 5.41) is 0. The van der Waals surface area contributed by atoms with Crippen LogP contribution in [0.15, 0.2) is 30.3 Å². The highest BCUT2D eigenvalue weighted by atomic mass is 16.1. The molecular weight excluding hydrogens is 172 g/mol. The van der Waals surface area contributed by atoms with Crippen molar-refractivity contribution in [3.8, 4) is 12.3 Å². The maximum atomic E-state index is 11.7. The van der Waals surface area contributed by atoms with E-state index in [-0.39, 0.29) is 5.78 Å². The Morgan fingerprint density at radius 1 is 1.43 bits per heavy atom. The molecule has 0 aliphatic heterocycles. The number of hydrogen-bond acceptors (Lipinski definition) is 1. The number of rotatable bonds is 3. The van der Waals surface area contributed by atoms with E-state index in [0.717, 1.165) is 12.0 Å². The molecule has 0 bridgehead atoms. The number of carbonyl (C=O) groups excluding carboxylic acids is 1. The third kappa shape index (κ3) is 1.85. The highest BCUT2D eigenvalue weighted by Gasteiger charge is 2.36. The van der Waals surface area contributed by atoms with Crippen LogP contribution in [0.2, 0.25) is 0 Å². The van der Waals surface area contributed by atoms with Gasteiger partial charge in [-0.2, -0.15) is 0 Å². The van der Waals surface area contributed by atoms with E-state index in [1.54, 1.807) is 0 Å². The second-order valence-electron chi connectivity index (χ2n) is 3.76. The van der Waals surface area contributed by atoms with Crippen molar-refractivity contribution in [3.05, 3.63) is 35.9 Å². The number of carbonyl (C=O) groups is 1. The Balaban J connectivity index is 1.95. The van der Waals surface area contributed by atoms with Crippen LogP contribution in [0, 0.1) is 24.2 Å². The quantitative estimate of drug-likeness (QED) is 0.521. The molecule has 0 saturated heterocycles. The van der Waals surface area contributed by atoms with Gasteiger partial charge in [-0.25, -0.2) is 0 Å². The maximum absolute atomic E-state index is 11.7. The van der Waals surface area contributed by atoms with Crippen LogP contribution in [-0.2, 0) is 0 Å². The molecule has 2 atom stereocenters. The lowest BCUT2D eigenvalue weighted by molar-refractivity contribution is 0.0975. The lowest BCUT2D eigenvalue weighted by Crippen LogP contribution is -2.00. The Kier molecular flexibility index (Phi) is 2.37. The molecule has 1 aliphatic carbocycles. The van der Waals surface area contributed by atoms with E-state index >= 15 is 0 Å². The standard InChI is InChI=1S/C13H12O/c1-2-10-8-12(10)9-13(14)11-6-4-3-5-7-11/h1,3-7,10,12H,8-9H2. The predicted molar refractivity (Wildman–Crippen MR) is 55.8 cm³/mol. The lowest BCUT2D eigenvalue weighted by atomic mass is 10.1. The summed E-state index contributed by atoms with van der Waals surface area (Å²) in [5.41, 5.74) is 0.801. The first-order valence-corrected chi connectivity index (χ1v) is 4.85. The monoisotopic (exact) mass is 184 g/mol. The highest BCUT2D eigenvalue weighted by Crippen LogP contribution is 2.41. The number of ketones is 1. The van der Waals surface area contributed by atoms with Crippen molar-refractivity contribution in [2.75, 3.05) is 0 Å². The van der Waals surface area contributed by atoms with Crippen molar-refractivity contribution >= 4 is 5.78 Å². The van der Waals surface area contributed by atoms with Gasteiger partial charge in [0.15, 0.2) is 5.78 Å². The van der Waals surface area contributed by atoms with Crippen molar-refractivity contribution in [1.29, 1.82) is 0 Å². The first kappa shape index (κ1) is 9.02.